The molecule has 0 unspecified atom stereocenters. The average molecular weight is 259 g/mol. The molecule has 1 aliphatic heterocycles. The van der Waals surface area contributed by atoms with Gasteiger partial charge in [-0.05, 0) is 42.8 Å². The number of aryl methyl sites for hydroxylation is 1. The van der Waals surface area contributed by atoms with Crippen LogP contribution in [0.1, 0.15) is 5.56 Å². The van der Waals surface area contributed by atoms with E-state index in [4.69, 9.17) is 11.6 Å². The molecule has 0 spiro atoms. The Labute approximate surface area is 112 Å². The SMILES string of the molecule is Cc1cc(Cl)ccc1N1CCNc2ccccc21. The molecular formula is C15H15ClN2. The summed E-state index contributed by atoms with van der Waals surface area (Å²) in [6, 6.07) is 14.5. The zero-order valence-electron chi connectivity index (χ0n) is 10.3. The van der Waals surface area contributed by atoms with Crippen LogP contribution in [0.4, 0.5) is 17.1 Å². The maximum Gasteiger partial charge on any atom is 0.0647 e. The minimum Gasteiger partial charge on any atom is -0.382 e. The van der Waals surface area contributed by atoms with E-state index < -0.39 is 0 Å². The van der Waals surface area contributed by atoms with Gasteiger partial charge in [0.1, 0.15) is 0 Å². The third-order valence-electron chi connectivity index (χ3n) is 3.30. The van der Waals surface area contributed by atoms with Gasteiger partial charge in [0, 0.05) is 23.8 Å². The Hall–Kier alpha value is -1.67. The summed E-state index contributed by atoms with van der Waals surface area (Å²) >= 11 is 6.03. The largest absolute Gasteiger partial charge is 0.382 e. The molecule has 2 aromatic carbocycles. The molecule has 92 valence electrons. The molecule has 0 atom stereocenters. The van der Waals surface area contributed by atoms with Crippen molar-refractivity contribution in [2.24, 2.45) is 0 Å². The van der Waals surface area contributed by atoms with Crippen molar-refractivity contribution in [1.82, 2.24) is 0 Å². The van der Waals surface area contributed by atoms with Gasteiger partial charge in [-0.25, -0.2) is 0 Å². The maximum absolute atomic E-state index is 6.03. The van der Waals surface area contributed by atoms with Crippen molar-refractivity contribution in [3.8, 4) is 0 Å². The first-order chi connectivity index (χ1) is 8.75. The molecule has 0 radical (unpaired) electrons. The van der Waals surface area contributed by atoms with Crippen molar-refractivity contribution in [1.29, 1.82) is 0 Å². The fourth-order valence-electron chi connectivity index (χ4n) is 2.45. The van der Waals surface area contributed by atoms with Crippen LogP contribution in [0, 0.1) is 6.92 Å². The van der Waals surface area contributed by atoms with E-state index in [0.29, 0.717) is 0 Å². The predicted octanol–water partition coefficient (Wildman–Crippen LogP) is 4.21. The highest BCUT2D eigenvalue weighted by molar-refractivity contribution is 6.30. The molecule has 0 bridgehead atoms. The lowest BCUT2D eigenvalue weighted by molar-refractivity contribution is 0.923. The number of fused-ring (bicyclic) bond motifs is 1. The maximum atomic E-state index is 6.03. The normalized spacial score (nSPS) is 14.0. The Kier molecular flexibility index (Phi) is 2.88. The summed E-state index contributed by atoms with van der Waals surface area (Å²) in [5.74, 6) is 0. The van der Waals surface area contributed by atoms with Crippen molar-refractivity contribution in [3.05, 3.63) is 53.1 Å². The highest BCUT2D eigenvalue weighted by Crippen LogP contribution is 2.36. The lowest BCUT2D eigenvalue weighted by atomic mass is 10.1. The highest BCUT2D eigenvalue weighted by Gasteiger charge is 2.18. The second kappa shape index (κ2) is 4.54. The van der Waals surface area contributed by atoms with Crippen LogP contribution in [0.5, 0.6) is 0 Å². The van der Waals surface area contributed by atoms with Crippen LogP contribution >= 0.6 is 11.6 Å². The van der Waals surface area contributed by atoms with E-state index in [1.807, 2.05) is 12.1 Å². The van der Waals surface area contributed by atoms with Crippen molar-refractivity contribution < 1.29 is 0 Å². The second-order valence-corrected chi connectivity index (χ2v) is 4.96. The minimum absolute atomic E-state index is 0.791. The number of nitrogens with zero attached hydrogens (tertiary/aromatic N) is 1. The third-order valence-corrected chi connectivity index (χ3v) is 3.53. The summed E-state index contributed by atoms with van der Waals surface area (Å²) in [5, 5.41) is 4.22. The molecule has 1 aliphatic rings. The number of nitrogens with one attached hydrogen (secondary N) is 1. The predicted molar refractivity (Wildman–Crippen MR) is 78.1 cm³/mol. The van der Waals surface area contributed by atoms with Crippen LogP contribution in [0.15, 0.2) is 42.5 Å². The molecule has 0 aromatic heterocycles. The van der Waals surface area contributed by atoms with Gasteiger partial charge >= 0.3 is 0 Å². The fraction of sp³-hybridized carbons (Fsp3) is 0.200. The topological polar surface area (TPSA) is 15.3 Å². The molecular weight excluding hydrogens is 244 g/mol. The van der Waals surface area contributed by atoms with Gasteiger partial charge in [0.15, 0.2) is 0 Å². The number of hydrogen-bond donors (Lipinski definition) is 1. The molecule has 0 amide bonds. The Morgan fingerprint density at radius 2 is 1.94 bits per heavy atom. The lowest BCUT2D eigenvalue weighted by Gasteiger charge is -2.33. The van der Waals surface area contributed by atoms with Crippen molar-refractivity contribution in [2.45, 2.75) is 6.92 Å². The van der Waals surface area contributed by atoms with E-state index >= 15 is 0 Å². The summed E-state index contributed by atoms with van der Waals surface area (Å²) in [6.45, 7) is 4.03. The van der Waals surface area contributed by atoms with Gasteiger partial charge in [0.05, 0.1) is 11.4 Å². The zero-order chi connectivity index (χ0) is 12.5. The monoisotopic (exact) mass is 258 g/mol. The molecule has 0 saturated heterocycles. The van der Waals surface area contributed by atoms with Gasteiger partial charge in [-0.3, -0.25) is 0 Å². The number of halogens is 1. The molecule has 0 aliphatic carbocycles. The van der Waals surface area contributed by atoms with E-state index in [2.05, 4.69) is 47.5 Å². The number of benzene rings is 2. The fourth-order valence-corrected chi connectivity index (χ4v) is 2.68. The number of para-hydroxylation sites is 2. The van der Waals surface area contributed by atoms with Crippen molar-refractivity contribution in [2.75, 3.05) is 23.3 Å². The van der Waals surface area contributed by atoms with Crippen LogP contribution in [-0.2, 0) is 0 Å². The molecule has 18 heavy (non-hydrogen) atoms. The second-order valence-electron chi connectivity index (χ2n) is 4.53. The van der Waals surface area contributed by atoms with E-state index in [1.54, 1.807) is 0 Å². The first kappa shape index (κ1) is 11.4. The number of anilines is 3. The molecule has 3 rings (SSSR count). The molecule has 3 heteroatoms. The van der Waals surface area contributed by atoms with Gasteiger partial charge in [0.25, 0.3) is 0 Å². The number of rotatable bonds is 1. The van der Waals surface area contributed by atoms with Crippen molar-refractivity contribution in [3.63, 3.8) is 0 Å². The highest BCUT2D eigenvalue weighted by atomic mass is 35.5. The van der Waals surface area contributed by atoms with E-state index in [1.165, 1.54) is 22.6 Å². The Bertz CT molecular complexity index is 580. The van der Waals surface area contributed by atoms with Gasteiger partial charge in [-0.15, -0.1) is 0 Å². The first-order valence-corrected chi connectivity index (χ1v) is 6.50. The van der Waals surface area contributed by atoms with Gasteiger partial charge in [-0.2, -0.15) is 0 Å². The Balaban J connectivity index is 2.08. The minimum atomic E-state index is 0.791. The summed E-state index contributed by atoms with van der Waals surface area (Å²) in [4.78, 5) is 2.34. The van der Waals surface area contributed by atoms with Gasteiger partial charge < -0.3 is 10.2 Å². The van der Waals surface area contributed by atoms with Crippen LogP contribution in [0.2, 0.25) is 5.02 Å². The van der Waals surface area contributed by atoms with Crippen molar-refractivity contribution >= 4 is 28.7 Å². The summed E-state index contributed by atoms with van der Waals surface area (Å²) in [6.07, 6.45) is 0. The summed E-state index contributed by atoms with van der Waals surface area (Å²) in [7, 11) is 0. The van der Waals surface area contributed by atoms with Crippen LogP contribution in [-0.4, -0.2) is 13.1 Å². The molecule has 0 saturated carbocycles. The van der Waals surface area contributed by atoms with E-state index in [9.17, 15) is 0 Å². The average Bonchev–Trinajstić information content (AvgIpc) is 2.38. The van der Waals surface area contributed by atoms with Crippen LogP contribution < -0.4 is 10.2 Å². The smallest absolute Gasteiger partial charge is 0.0647 e. The molecule has 1 heterocycles. The zero-order valence-corrected chi connectivity index (χ0v) is 11.0. The number of hydrogen-bond acceptors (Lipinski definition) is 2. The summed E-state index contributed by atoms with van der Waals surface area (Å²) in [5.41, 5.74) is 4.86. The Morgan fingerprint density at radius 3 is 2.78 bits per heavy atom. The molecule has 2 aromatic rings. The molecule has 0 fully saturated rings. The first-order valence-electron chi connectivity index (χ1n) is 6.12. The standard InChI is InChI=1S/C15H15ClN2/c1-11-10-12(16)6-7-14(11)18-9-8-17-13-4-2-3-5-15(13)18/h2-7,10,17H,8-9H2,1H3. The van der Waals surface area contributed by atoms with E-state index in [0.717, 1.165) is 18.1 Å². The third kappa shape index (κ3) is 1.93. The summed E-state index contributed by atoms with van der Waals surface area (Å²) < 4.78 is 0. The van der Waals surface area contributed by atoms with Crippen LogP contribution in [0.25, 0.3) is 0 Å². The quantitative estimate of drug-likeness (QED) is 0.824. The van der Waals surface area contributed by atoms with Gasteiger partial charge in [0.2, 0.25) is 0 Å². The van der Waals surface area contributed by atoms with Gasteiger partial charge in [-0.1, -0.05) is 23.7 Å². The molecule has 1 N–H and O–H groups in total. The van der Waals surface area contributed by atoms with E-state index in [-0.39, 0.29) is 0 Å². The Morgan fingerprint density at radius 1 is 1.11 bits per heavy atom. The molecule has 2 nitrogen and oxygen atoms in total. The lowest BCUT2D eigenvalue weighted by Crippen LogP contribution is -2.30. The van der Waals surface area contributed by atoms with Crippen LogP contribution in [0.3, 0.4) is 0 Å².